The van der Waals surface area contributed by atoms with Gasteiger partial charge in [-0.25, -0.2) is 0 Å². The molecule has 4 nitrogen and oxygen atoms in total. The van der Waals surface area contributed by atoms with Gasteiger partial charge in [-0.15, -0.1) is 0 Å². The molecule has 0 saturated carbocycles. The van der Waals surface area contributed by atoms with Crippen molar-refractivity contribution in [1.29, 1.82) is 0 Å². The van der Waals surface area contributed by atoms with E-state index in [9.17, 15) is 0 Å². The minimum atomic E-state index is 0.311. The Balaban J connectivity index is 2.11. The van der Waals surface area contributed by atoms with Crippen LogP contribution in [-0.4, -0.2) is 29.8 Å². The fourth-order valence-electron chi connectivity index (χ4n) is 2.82. The number of aryl methyl sites for hydroxylation is 2. The van der Waals surface area contributed by atoms with Gasteiger partial charge in [0.15, 0.2) is 10.4 Å². The Hall–Kier alpha value is -0.750. The van der Waals surface area contributed by atoms with Gasteiger partial charge in [0, 0.05) is 18.3 Å². The van der Waals surface area contributed by atoms with Crippen molar-refractivity contribution in [3.63, 3.8) is 0 Å². The van der Waals surface area contributed by atoms with E-state index in [1.54, 1.807) is 0 Å². The maximum atomic E-state index is 5.47. The lowest BCUT2D eigenvalue weighted by Crippen LogP contribution is -2.24. The summed E-state index contributed by atoms with van der Waals surface area (Å²) in [6.07, 6.45) is 2.58. The molecule has 1 saturated heterocycles. The largest absolute Gasteiger partial charge is 0.328 e. The van der Waals surface area contributed by atoms with E-state index in [1.165, 1.54) is 18.6 Å². The quantitative estimate of drug-likeness (QED) is 0.861. The Morgan fingerprint density at radius 1 is 1.56 bits per heavy atom. The third-order valence-electron chi connectivity index (χ3n) is 3.72. The molecule has 1 unspecified atom stereocenters. The van der Waals surface area contributed by atoms with Gasteiger partial charge in [0.05, 0.1) is 5.69 Å². The summed E-state index contributed by atoms with van der Waals surface area (Å²) in [4.78, 5) is 3.29. The van der Waals surface area contributed by atoms with Crippen molar-refractivity contribution in [3.8, 4) is 0 Å². The molecule has 1 aliphatic rings. The molecule has 3 heterocycles. The SMILES string of the molecule is Cc1nn(C)c2c1[nH]c(=S)n2CC1(C)CCCS1. The van der Waals surface area contributed by atoms with E-state index in [1.807, 2.05) is 18.7 Å². The fourth-order valence-corrected chi connectivity index (χ4v) is 4.36. The van der Waals surface area contributed by atoms with Gasteiger partial charge in [0.1, 0.15) is 5.52 Å². The first kappa shape index (κ1) is 12.3. The molecule has 3 rings (SSSR count). The van der Waals surface area contributed by atoms with Crippen molar-refractivity contribution in [3.05, 3.63) is 10.5 Å². The number of nitrogens with zero attached hydrogens (tertiary/aromatic N) is 3. The molecule has 18 heavy (non-hydrogen) atoms. The number of thioether (sulfide) groups is 1. The highest BCUT2D eigenvalue weighted by Crippen LogP contribution is 2.39. The van der Waals surface area contributed by atoms with Crippen LogP contribution in [0.4, 0.5) is 0 Å². The van der Waals surface area contributed by atoms with Gasteiger partial charge in [-0.3, -0.25) is 4.68 Å². The standard InChI is InChI=1S/C12H18N4S2/c1-8-9-10(15(3)14-8)16(11(17)13-9)7-12(2)5-4-6-18-12/h4-7H2,1-3H3,(H,13,17). The number of imidazole rings is 1. The zero-order valence-electron chi connectivity index (χ0n) is 11.0. The molecular weight excluding hydrogens is 264 g/mol. The molecule has 98 valence electrons. The molecule has 1 N–H and O–H groups in total. The van der Waals surface area contributed by atoms with Crippen molar-refractivity contribution in [1.82, 2.24) is 19.3 Å². The van der Waals surface area contributed by atoms with E-state index < -0.39 is 0 Å². The molecule has 1 aliphatic heterocycles. The Kier molecular flexibility index (Phi) is 2.82. The van der Waals surface area contributed by atoms with Crippen LogP contribution in [0.25, 0.3) is 11.2 Å². The predicted molar refractivity (Wildman–Crippen MR) is 78.7 cm³/mol. The van der Waals surface area contributed by atoms with Crippen LogP contribution >= 0.6 is 24.0 Å². The first-order valence-electron chi connectivity index (χ1n) is 6.26. The molecular formula is C12H18N4S2. The summed E-state index contributed by atoms with van der Waals surface area (Å²) >= 11 is 7.53. The summed E-state index contributed by atoms with van der Waals surface area (Å²) in [7, 11) is 1.98. The van der Waals surface area contributed by atoms with Crippen molar-refractivity contribution in [2.75, 3.05) is 5.75 Å². The smallest absolute Gasteiger partial charge is 0.179 e. The second-order valence-corrected chi connectivity index (χ2v) is 7.40. The topological polar surface area (TPSA) is 38.5 Å². The maximum absolute atomic E-state index is 5.47. The number of hydrogen-bond acceptors (Lipinski definition) is 3. The van der Waals surface area contributed by atoms with Gasteiger partial charge in [0.2, 0.25) is 0 Å². The molecule has 0 bridgehead atoms. The zero-order chi connectivity index (χ0) is 12.9. The maximum Gasteiger partial charge on any atom is 0.179 e. The van der Waals surface area contributed by atoms with Crippen LogP contribution in [0.1, 0.15) is 25.5 Å². The first-order valence-corrected chi connectivity index (χ1v) is 7.66. The second-order valence-electron chi connectivity index (χ2n) is 5.33. The van der Waals surface area contributed by atoms with Crippen molar-refractivity contribution in [2.24, 2.45) is 7.05 Å². The third kappa shape index (κ3) is 1.82. The van der Waals surface area contributed by atoms with Crippen molar-refractivity contribution in [2.45, 2.75) is 38.0 Å². The summed E-state index contributed by atoms with van der Waals surface area (Å²) in [5.41, 5.74) is 3.21. The van der Waals surface area contributed by atoms with Crippen LogP contribution in [0.15, 0.2) is 0 Å². The average Bonchev–Trinajstić information content (AvgIpc) is 2.91. The van der Waals surface area contributed by atoms with E-state index in [-0.39, 0.29) is 0 Å². The monoisotopic (exact) mass is 282 g/mol. The van der Waals surface area contributed by atoms with E-state index in [4.69, 9.17) is 12.2 Å². The van der Waals surface area contributed by atoms with Gasteiger partial charge >= 0.3 is 0 Å². The summed E-state index contributed by atoms with van der Waals surface area (Å²) in [5.74, 6) is 1.27. The molecule has 0 spiro atoms. The number of hydrogen-bond donors (Lipinski definition) is 1. The van der Waals surface area contributed by atoms with Crippen LogP contribution in [0.5, 0.6) is 0 Å². The summed E-state index contributed by atoms with van der Waals surface area (Å²) in [6.45, 7) is 5.33. The molecule has 0 amide bonds. The molecule has 2 aromatic heterocycles. The Morgan fingerprint density at radius 3 is 3.00 bits per heavy atom. The highest BCUT2D eigenvalue weighted by atomic mass is 32.2. The summed E-state index contributed by atoms with van der Waals surface area (Å²) in [5, 5.41) is 4.46. The van der Waals surface area contributed by atoms with E-state index in [2.05, 4.69) is 33.3 Å². The van der Waals surface area contributed by atoms with Gasteiger partial charge in [-0.05, 0) is 44.7 Å². The molecule has 6 heteroatoms. The van der Waals surface area contributed by atoms with Gasteiger partial charge in [0.25, 0.3) is 0 Å². The highest BCUT2D eigenvalue weighted by molar-refractivity contribution is 8.00. The zero-order valence-corrected chi connectivity index (χ0v) is 12.6. The van der Waals surface area contributed by atoms with E-state index >= 15 is 0 Å². The molecule has 0 radical (unpaired) electrons. The Labute approximate surface area is 116 Å². The molecule has 0 aromatic carbocycles. The lowest BCUT2D eigenvalue weighted by atomic mass is 10.1. The van der Waals surface area contributed by atoms with Crippen LogP contribution in [0.2, 0.25) is 0 Å². The lowest BCUT2D eigenvalue weighted by molar-refractivity contribution is 0.508. The minimum Gasteiger partial charge on any atom is -0.328 e. The molecule has 2 aromatic rings. The van der Waals surface area contributed by atoms with E-state index in [0.717, 1.165) is 28.2 Å². The highest BCUT2D eigenvalue weighted by Gasteiger charge is 2.31. The number of rotatable bonds is 2. The van der Waals surface area contributed by atoms with Crippen LogP contribution in [0, 0.1) is 11.7 Å². The predicted octanol–water partition coefficient (Wildman–Crippen LogP) is 3.03. The molecule has 1 fully saturated rings. The second kappa shape index (κ2) is 4.13. The Bertz CT molecular complexity index is 643. The first-order chi connectivity index (χ1) is 8.50. The van der Waals surface area contributed by atoms with Gasteiger partial charge < -0.3 is 9.55 Å². The summed E-state index contributed by atoms with van der Waals surface area (Å²) in [6, 6.07) is 0. The number of H-pyrrole nitrogens is 1. The minimum absolute atomic E-state index is 0.311. The number of fused-ring (bicyclic) bond motifs is 1. The van der Waals surface area contributed by atoms with Crippen molar-refractivity contribution >= 4 is 35.1 Å². The molecule has 0 aliphatic carbocycles. The van der Waals surface area contributed by atoms with Crippen LogP contribution in [0.3, 0.4) is 0 Å². The van der Waals surface area contributed by atoms with Crippen molar-refractivity contribution < 1.29 is 0 Å². The van der Waals surface area contributed by atoms with Gasteiger partial charge in [-0.2, -0.15) is 16.9 Å². The van der Waals surface area contributed by atoms with Crippen LogP contribution < -0.4 is 0 Å². The normalized spacial score (nSPS) is 24.2. The number of nitrogens with one attached hydrogen (secondary N) is 1. The average molecular weight is 282 g/mol. The van der Waals surface area contributed by atoms with Crippen LogP contribution in [-0.2, 0) is 13.6 Å². The molecule has 1 atom stereocenters. The summed E-state index contributed by atoms with van der Waals surface area (Å²) < 4.78 is 5.27. The van der Waals surface area contributed by atoms with E-state index in [0.29, 0.717) is 4.75 Å². The third-order valence-corrected chi connectivity index (χ3v) is 5.56. The number of aromatic amines is 1. The fraction of sp³-hybridized carbons (Fsp3) is 0.667. The number of aromatic nitrogens is 4. The lowest BCUT2D eigenvalue weighted by Gasteiger charge is -2.23. The van der Waals surface area contributed by atoms with Gasteiger partial charge in [-0.1, -0.05) is 0 Å². The Morgan fingerprint density at radius 2 is 2.33 bits per heavy atom.